The average Bonchev–Trinajstić information content (AvgIpc) is 3.67. The van der Waals surface area contributed by atoms with Gasteiger partial charge in [0.05, 0.1) is 29.8 Å². The molecule has 2 unspecified atom stereocenters. The monoisotopic (exact) mass is 684 g/mol. The zero-order chi connectivity index (χ0) is 35.1. The van der Waals surface area contributed by atoms with Crippen molar-refractivity contribution in [3.8, 4) is 0 Å². The Labute approximate surface area is 292 Å². The lowest BCUT2D eigenvalue weighted by atomic mass is 9.82. The molecule has 2 aromatic carbocycles. The van der Waals surface area contributed by atoms with Crippen LogP contribution < -0.4 is 26.2 Å². The number of allylic oxidation sites excluding steroid dienone is 1. The summed E-state index contributed by atoms with van der Waals surface area (Å²) in [5, 5.41) is 42.3. The molecule has 0 aliphatic carbocycles. The summed E-state index contributed by atoms with van der Waals surface area (Å²) >= 11 is 0. The van der Waals surface area contributed by atoms with Crippen molar-refractivity contribution < 1.29 is 24.6 Å². The molecule has 0 bridgehead atoms. The van der Waals surface area contributed by atoms with Gasteiger partial charge in [-0.3, -0.25) is 19.1 Å². The van der Waals surface area contributed by atoms with Gasteiger partial charge < -0.3 is 36.4 Å². The Hall–Kier alpha value is -4.43. The number of fused-ring (bicyclic) bond motifs is 1. The second-order valence-corrected chi connectivity index (χ2v) is 13.6. The van der Waals surface area contributed by atoms with Crippen LogP contribution in [-0.2, 0) is 39.5 Å². The summed E-state index contributed by atoms with van der Waals surface area (Å²) in [5.74, 6) is -1.43. The Morgan fingerprint density at radius 2 is 1.74 bits per heavy atom. The van der Waals surface area contributed by atoms with Gasteiger partial charge in [0, 0.05) is 61.7 Å². The minimum absolute atomic E-state index is 0.00470. The van der Waals surface area contributed by atoms with Crippen LogP contribution in [0.25, 0.3) is 0 Å². The molecule has 13 heteroatoms. The second-order valence-electron chi connectivity index (χ2n) is 13.6. The molecule has 3 amide bonds. The maximum absolute atomic E-state index is 14.3. The minimum Gasteiger partial charge on any atom is -0.396 e. The van der Waals surface area contributed by atoms with E-state index < -0.39 is 17.4 Å². The Bertz CT molecular complexity index is 1700. The van der Waals surface area contributed by atoms with Crippen molar-refractivity contribution >= 4 is 34.8 Å². The number of aliphatic hydroxyl groups is 2. The van der Waals surface area contributed by atoms with Gasteiger partial charge in [0.25, 0.3) is 5.91 Å². The number of aliphatic hydroxyl groups excluding tert-OH is 1. The average molecular weight is 685 g/mol. The molecule has 0 radical (unpaired) electrons. The van der Waals surface area contributed by atoms with Crippen LogP contribution in [0.4, 0.5) is 17.1 Å². The lowest BCUT2D eigenvalue weighted by Gasteiger charge is -2.28. The summed E-state index contributed by atoms with van der Waals surface area (Å²) in [6.07, 6.45) is 10.1. The number of aromatic nitrogens is 3. The molecule has 0 saturated carbocycles. The number of aryl methyl sites for hydroxylation is 1. The maximum atomic E-state index is 14.3. The van der Waals surface area contributed by atoms with Crippen LogP contribution >= 0.6 is 0 Å². The third kappa shape index (κ3) is 7.96. The molecule has 4 atom stereocenters. The van der Waals surface area contributed by atoms with Gasteiger partial charge in [-0.2, -0.15) is 0 Å². The first-order chi connectivity index (χ1) is 24.3. The third-order valence-corrected chi connectivity index (χ3v) is 9.97. The standard InChI is InChI=1S/C37H48N8O5/c1-25(7-2-3-17-44-24-31(14-18-46)42-43-44)37(50)32-20-30(41-35(48)28-10-6-16-39-22-28)12-13-33(32)45(36(37)49)23-26-8-4-11-29(19-26)40-34(47)27-9-5-15-38-21-27/h2,4,7-8,11-13,19-20,24-25,27-28,38-39,46,50H,3,5-6,9-10,14-18,21-23H2,1H3,(H,40,47)(H,41,48)/b7-2+/t25-,27?,28?,37+/m0/s1. The van der Waals surface area contributed by atoms with Crippen molar-refractivity contribution in [1.82, 2.24) is 25.6 Å². The van der Waals surface area contributed by atoms with E-state index in [9.17, 15) is 19.5 Å². The number of piperidine rings is 2. The molecule has 4 heterocycles. The van der Waals surface area contributed by atoms with E-state index in [1.807, 2.05) is 43.3 Å². The summed E-state index contributed by atoms with van der Waals surface area (Å²) in [6.45, 7) is 5.64. The molecule has 6 rings (SSSR count). The van der Waals surface area contributed by atoms with Gasteiger partial charge in [0.2, 0.25) is 11.8 Å². The quantitative estimate of drug-likeness (QED) is 0.148. The molecule has 2 fully saturated rings. The number of nitrogens with zero attached hydrogens (tertiary/aromatic N) is 4. The molecule has 6 N–H and O–H groups in total. The Balaban J connectivity index is 1.22. The van der Waals surface area contributed by atoms with E-state index in [0.717, 1.165) is 44.3 Å². The van der Waals surface area contributed by atoms with Gasteiger partial charge in [0.15, 0.2) is 5.60 Å². The molecule has 2 saturated heterocycles. The number of carbonyl (C=O) groups is 3. The van der Waals surface area contributed by atoms with E-state index in [2.05, 4.69) is 31.6 Å². The lowest BCUT2D eigenvalue weighted by molar-refractivity contribution is -0.139. The molecular formula is C37H48N8O5. The molecule has 3 aromatic rings. The maximum Gasteiger partial charge on any atom is 0.264 e. The van der Waals surface area contributed by atoms with E-state index >= 15 is 0 Å². The zero-order valence-electron chi connectivity index (χ0n) is 28.6. The fourth-order valence-electron chi connectivity index (χ4n) is 7.08. The van der Waals surface area contributed by atoms with Crippen LogP contribution in [0.2, 0.25) is 0 Å². The van der Waals surface area contributed by atoms with Gasteiger partial charge in [-0.15, -0.1) is 5.10 Å². The highest BCUT2D eigenvalue weighted by molar-refractivity contribution is 6.08. The first kappa shape index (κ1) is 35.4. The van der Waals surface area contributed by atoms with Crippen LogP contribution in [0, 0.1) is 17.8 Å². The molecule has 3 aliphatic rings. The third-order valence-electron chi connectivity index (χ3n) is 9.97. The van der Waals surface area contributed by atoms with Gasteiger partial charge >= 0.3 is 0 Å². The van der Waals surface area contributed by atoms with E-state index in [-0.39, 0.29) is 36.8 Å². The van der Waals surface area contributed by atoms with E-state index in [1.165, 1.54) is 0 Å². The van der Waals surface area contributed by atoms with Crippen LogP contribution in [0.5, 0.6) is 0 Å². The molecular weight excluding hydrogens is 636 g/mol. The predicted octanol–water partition coefficient (Wildman–Crippen LogP) is 2.71. The first-order valence-electron chi connectivity index (χ1n) is 17.7. The van der Waals surface area contributed by atoms with Crippen molar-refractivity contribution in [3.63, 3.8) is 0 Å². The Kier molecular flexibility index (Phi) is 11.4. The highest BCUT2D eigenvalue weighted by atomic mass is 16.3. The largest absolute Gasteiger partial charge is 0.396 e. The van der Waals surface area contributed by atoms with Crippen LogP contribution in [0.3, 0.4) is 0 Å². The Morgan fingerprint density at radius 1 is 1.04 bits per heavy atom. The molecule has 3 aliphatic heterocycles. The number of nitrogens with one attached hydrogen (secondary N) is 4. The molecule has 50 heavy (non-hydrogen) atoms. The van der Waals surface area contributed by atoms with Crippen molar-refractivity contribution in [3.05, 3.63) is 77.6 Å². The number of carbonyl (C=O) groups excluding carboxylic acids is 3. The highest BCUT2D eigenvalue weighted by Crippen LogP contribution is 2.47. The molecule has 13 nitrogen and oxygen atoms in total. The fourth-order valence-corrected chi connectivity index (χ4v) is 7.08. The fraction of sp³-hybridized carbons (Fsp3) is 0.486. The topological polar surface area (TPSA) is 174 Å². The second kappa shape index (κ2) is 16.1. The normalized spacial score (nSPS) is 22.8. The zero-order valence-corrected chi connectivity index (χ0v) is 28.6. The van der Waals surface area contributed by atoms with Crippen molar-refractivity contribution in [2.24, 2.45) is 17.8 Å². The molecule has 0 spiro atoms. The molecule has 266 valence electrons. The lowest BCUT2D eigenvalue weighted by Crippen LogP contribution is -2.44. The number of benzene rings is 2. The summed E-state index contributed by atoms with van der Waals surface area (Å²) in [7, 11) is 0. The van der Waals surface area contributed by atoms with E-state index in [1.54, 1.807) is 34.0 Å². The molecule has 1 aromatic heterocycles. The summed E-state index contributed by atoms with van der Waals surface area (Å²) in [4.78, 5) is 41.9. The Morgan fingerprint density at radius 3 is 2.40 bits per heavy atom. The number of amides is 3. The minimum atomic E-state index is -1.89. The van der Waals surface area contributed by atoms with Crippen LogP contribution in [0.15, 0.2) is 60.8 Å². The highest BCUT2D eigenvalue weighted by Gasteiger charge is 2.52. The number of anilines is 3. The van der Waals surface area contributed by atoms with E-state index in [4.69, 9.17) is 5.11 Å². The SMILES string of the molecule is C[C@@H](/C=C/CCn1cc(CCO)nn1)[C@]1(O)C(=O)N(Cc2cccc(NC(=O)C3CCCNC3)c2)c2ccc(NC(=O)C3CCCNC3)cc21. The number of hydrogen-bond acceptors (Lipinski definition) is 9. The van der Waals surface area contributed by atoms with Gasteiger partial charge in [0.1, 0.15) is 0 Å². The van der Waals surface area contributed by atoms with E-state index in [0.29, 0.717) is 60.8 Å². The summed E-state index contributed by atoms with van der Waals surface area (Å²) in [5.41, 5.74) is 1.80. The van der Waals surface area contributed by atoms with Crippen LogP contribution in [0.1, 0.15) is 55.8 Å². The summed E-state index contributed by atoms with van der Waals surface area (Å²) < 4.78 is 1.70. The number of rotatable bonds is 13. The smallest absolute Gasteiger partial charge is 0.264 e. The first-order valence-corrected chi connectivity index (χ1v) is 17.7. The van der Waals surface area contributed by atoms with Gasteiger partial charge in [-0.05, 0) is 81.1 Å². The van der Waals surface area contributed by atoms with Gasteiger partial charge in [-0.1, -0.05) is 36.4 Å². The van der Waals surface area contributed by atoms with Crippen LogP contribution in [-0.4, -0.2) is 75.7 Å². The number of hydrogen-bond donors (Lipinski definition) is 6. The predicted molar refractivity (Wildman–Crippen MR) is 190 cm³/mol. The van der Waals surface area contributed by atoms with Gasteiger partial charge in [-0.25, -0.2) is 0 Å². The summed E-state index contributed by atoms with van der Waals surface area (Å²) in [6, 6.07) is 12.7. The van der Waals surface area contributed by atoms with Crippen molar-refractivity contribution in [2.45, 2.75) is 64.1 Å². The van der Waals surface area contributed by atoms with Crippen molar-refractivity contribution in [2.75, 3.05) is 48.3 Å². The van der Waals surface area contributed by atoms with Crippen molar-refractivity contribution in [1.29, 1.82) is 0 Å².